The molecule has 26 heavy (non-hydrogen) atoms. The Morgan fingerprint density at radius 2 is 1.96 bits per heavy atom. The number of allylic oxidation sites excluding steroid dienone is 4. The fourth-order valence-corrected chi connectivity index (χ4v) is 3.03. The van der Waals surface area contributed by atoms with Gasteiger partial charge in [-0.1, -0.05) is 31.6 Å². The largest absolute Gasteiger partial charge is 0.481 e. The van der Waals surface area contributed by atoms with E-state index in [0.717, 1.165) is 0 Å². The van der Waals surface area contributed by atoms with E-state index in [2.05, 4.69) is 0 Å². The number of carboxylic acid groups (broad SMARTS) is 1. The molecule has 0 aliphatic heterocycles. The van der Waals surface area contributed by atoms with Crippen LogP contribution in [0.2, 0.25) is 0 Å². The van der Waals surface area contributed by atoms with Gasteiger partial charge in [0.05, 0.1) is 0 Å². The number of alkyl halides is 2. The smallest absolute Gasteiger partial charge is 0.305 e. The summed E-state index contributed by atoms with van der Waals surface area (Å²) in [6.07, 6.45) is 9.13. The molecule has 0 aromatic heterocycles. The number of aliphatic carboxylic acids is 1. The molecule has 2 atom stereocenters. The van der Waals surface area contributed by atoms with Gasteiger partial charge in [0, 0.05) is 25.2 Å². The van der Waals surface area contributed by atoms with Gasteiger partial charge >= 0.3 is 11.9 Å². The molecular formula is C20H28F2O4. The molecule has 1 aliphatic rings. The topological polar surface area (TPSA) is 71.4 Å². The van der Waals surface area contributed by atoms with Gasteiger partial charge in [-0.15, -0.1) is 0 Å². The highest BCUT2D eigenvalue weighted by Crippen LogP contribution is 2.32. The first-order valence-electron chi connectivity index (χ1n) is 9.28. The molecule has 1 rings (SSSR count). The second-order valence-electron chi connectivity index (χ2n) is 6.79. The van der Waals surface area contributed by atoms with Crippen LogP contribution in [0.3, 0.4) is 0 Å². The van der Waals surface area contributed by atoms with E-state index < -0.39 is 24.1 Å². The highest BCUT2D eigenvalue weighted by Gasteiger charge is 2.38. The zero-order valence-electron chi connectivity index (χ0n) is 15.3. The van der Waals surface area contributed by atoms with Gasteiger partial charge in [0.25, 0.3) is 0 Å². The molecule has 0 aromatic rings. The molecule has 0 aromatic carbocycles. The highest BCUT2D eigenvalue weighted by molar-refractivity contribution is 5.94. The monoisotopic (exact) mass is 370 g/mol. The fourth-order valence-electron chi connectivity index (χ4n) is 3.03. The van der Waals surface area contributed by atoms with Crippen molar-refractivity contribution < 1.29 is 28.3 Å². The molecule has 1 N–H and O–H groups in total. The molecule has 0 saturated heterocycles. The number of Topliss-reactive ketones (excluding diaryl/α,β-unsaturated/α-hetero) is 1. The van der Waals surface area contributed by atoms with Gasteiger partial charge in [-0.3, -0.25) is 14.4 Å². The maximum absolute atomic E-state index is 13.7. The van der Waals surface area contributed by atoms with Crippen molar-refractivity contribution in [2.75, 3.05) is 0 Å². The van der Waals surface area contributed by atoms with Gasteiger partial charge in [0.2, 0.25) is 5.78 Å². The lowest BCUT2D eigenvalue weighted by atomic mass is 9.86. The van der Waals surface area contributed by atoms with Gasteiger partial charge in [0.15, 0.2) is 5.78 Å². The average molecular weight is 370 g/mol. The normalized spacial score (nSPS) is 20.2. The summed E-state index contributed by atoms with van der Waals surface area (Å²) in [7, 11) is 0. The van der Waals surface area contributed by atoms with Crippen molar-refractivity contribution >= 4 is 17.5 Å². The predicted molar refractivity (Wildman–Crippen MR) is 95.1 cm³/mol. The van der Waals surface area contributed by atoms with Gasteiger partial charge in [0.1, 0.15) is 0 Å². The molecule has 0 amide bonds. The van der Waals surface area contributed by atoms with Crippen molar-refractivity contribution in [3.8, 4) is 0 Å². The maximum Gasteiger partial charge on any atom is 0.305 e. The Kier molecular flexibility index (Phi) is 9.38. The van der Waals surface area contributed by atoms with Crippen LogP contribution in [0.25, 0.3) is 0 Å². The van der Waals surface area contributed by atoms with Crippen molar-refractivity contribution in [3.05, 3.63) is 24.3 Å². The Balaban J connectivity index is 2.44. The van der Waals surface area contributed by atoms with E-state index >= 15 is 0 Å². The zero-order valence-corrected chi connectivity index (χ0v) is 15.3. The lowest BCUT2D eigenvalue weighted by Gasteiger charge is -2.19. The third-order valence-corrected chi connectivity index (χ3v) is 4.67. The first kappa shape index (κ1) is 22.2. The summed E-state index contributed by atoms with van der Waals surface area (Å²) in [5, 5.41) is 8.56. The summed E-state index contributed by atoms with van der Waals surface area (Å²) >= 11 is 0. The van der Waals surface area contributed by atoms with Crippen LogP contribution in [0.5, 0.6) is 0 Å². The zero-order chi connectivity index (χ0) is 19.6. The summed E-state index contributed by atoms with van der Waals surface area (Å²) in [5.74, 6) is -5.71. The minimum Gasteiger partial charge on any atom is -0.481 e. The van der Waals surface area contributed by atoms with Gasteiger partial charge in [-0.25, -0.2) is 0 Å². The molecule has 1 aliphatic carbocycles. The second kappa shape index (κ2) is 11.0. The Morgan fingerprint density at radius 1 is 1.23 bits per heavy atom. The molecule has 0 unspecified atom stereocenters. The number of hydrogen-bond acceptors (Lipinski definition) is 3. The van der Waals surface area contributed by atoms with Crippen LogP contribution in [-0.2, 0) is 14.4 Å². The van der Waals surface area contributed by atoms with Crippen LogP contribution in [0, 0.1) is 11.8 Å². The van der Waals surface area contributed by atoms with Crippen molar-refractivity contribution in [2.45, 2.75) is 70.6 Å². The number of ketones is 2. The van der Waals surface area contributed by atoms with Crippen LogP contribution < -0.4 is 0 Å². The Labute approximate surface area is 153 Å². The highest BCUT2D eigenvalue weighted by atomic mass is 19.3. The SMILES string of the molecule is CCCCC(F)(F)C(=O)CC[C@H]1C=CC(=O)[C@@H]1C/C=C\CCCC(=O)O. The lowest BCUT2D eigenvalue weighted by Crippen LogP contribution is -2.29. The quantitative estimate of drug-likeness (QED) is 0.376. The second-order valence-corrected chi connectivity index (χ2v) is 6.79. The fraction of sp³-hybridized carbons (Fsp3) is 0.650. The summed E-state index contributed by atoms with van der Waals surface area (Å²) in [4.78, 5) is 34.2. The van der Waals surface area contributed by atoms with E-state index in [1.165, 1.54) is 6.08 Å². The molecule has 0 heterocycles. The molecule has 0 fully saturated rings. The Bertz CT molecular complexity index is 552. The van der Waals surface area contributed by atoms with Crippen LogP contribution in [-0.4, -0.2) is 28.6 Å². The number of halogens is 2. The van der Waals surface area contributed by atoms with Gasteiger partial charge < -0.3 is 5.11 Å². The number of carboxylic acids is 1. The first-order chi connectivity index (χ1) is 12.3. The summed E-state index contributed by atoms with van der Waals surface area (Å²) in [5.41, 5.74) is 0. The third-order valence-electron chi connectivity index (χ3n) is 4.67. The van der Waals surface area contributed by atoms with E-state index in [9.17, 15) is 23.2 Å². The molecule has 4 nitrogen and oxygen atoms in total. The predicted octanol–water partition coefficient (Wildman–Crippen LogP) is 4.73. The van der Waals surface area contributed by atoms with Crippen molar-refractivity contribution in [3.63, 3.8) is 0 Å². The maximum atomic E-state index is 13.7. The van der Waals surface area contributed by atoms with E-state index in [1.807, 2.05) is 12.2 Å². The number of unbranched alkanes of at least 4 members (excludes halogenated alkanes) is 2. The Hall–Kier alpha value is -1.85. The summed E-state index contributed by atoms with van der Waals surface area (Å²) < 4.78 is 27.5. The molecule has 0 radical (unpaired) electrons. The van der Waals surface area contributed by atoms with E-state index in [4.69, 9.17) is 5.11 Å². The first-order valence-corrected chi connectivity index (χ1v) is 9.28. The molecular weight excluding hydrogens is 342 g/mol. The summed E-state index contributed by atoms with van der Waals surface area (Å²) in [6, 6.07) is 0. The molecule has 6 heteroatoms. The number of hydrogen-bond donors (Lipinski definition) is 1. The summed E-state index contributed by atoms with van der Waals surface area (Å²) in [6.45, 7) is 1.80. The molecule has 0 spiro atoms. The Morgan fingerprint density at radius 3 is 2.62 bits per heavy atom. The molecule has 0 bridgehead atoms. The van der Waals surface area contributed by atoms with Gasteiger partial charge in [-0.2, -0.15) is 8.78 Å². The van der Waals surface area contributed by atoms with E-state index in [1.54, 1.807) is 13.0 Å². The van der Waals surface area contributed by atoms with E-state index in [-0.39, 0.29) is 36.9 Å². The molecule has 146 valence electrons. The van der Waals surface area contributed by atoms with Crippen LogP contribution in [0.4, 0.5) is 8.78 Å². The minimum atomic E-state index is -3.28. The van der Waals surface area contributed by atoms with E-state index in [0.29, 0.717) is 32.1 Å². The number of rotatable bonds is 13. The number of carbonyl (C=O) groups is 3. The van der Waals surface area contributed by atoms with Crippen molar-refractivity contribution in [2.24, 2.45) is 11.8 Å². The minimum absolute atomic E-state index is 0.0459. The average Bonchev–Trinajstić information content (AvgIpc) is 2.93. The lowest BCUT2D eigenvalue weighted by molar-refractivity contribution is -0.144. The van der Waals surface area contributed by atoms with Crippen LogP contribution in [0.1, 0.15) is 64.7 Å². The number of carbonyl (C=O) groups excluding carboxylic acids is 2. The standard InChI is InChI=1S/C20H28F2O4/c1-2-3-14-20(21,22)18(24)13-11-15-10-12-17(23)16(15)8-6-4-5-7-9-19(25)26/h4,6,10,12,15-16H,2-3,5,7-9,11,13-14H2,1H3,(H,25,26)/b6-4-/t15-,16-/m1/s1. The van der Waals surface area contributed by atoms with Crippen molar-refractivity contribution in [1.29, 1.82) is 0 Å². The van der Waals surface area contributed by atoms with Crippen LogP contribution in [0.15, 0.2) is 24.3 Å². The molecule has 0 saturated carbocycles. The third kappa shape index (κ3) is 7.58. The van der Waals surface area contributed by atoms with Crippen LogP contribution >= 0.6 is 0 Å². The van der Waals surface area contributed by atoms with Crippen molar-refractivity contribution in [1.82, 2.24) is 0 Å². The van der Waals surface area contributed by atoms with Gasteiger partial charge in [-0.05, 0) is 44.1 Å².